The highest BCUT2D eigenvalue weighted by molar-refractivity contribution is 6.20. The molecular formula is C48H28N4O. The summed E-state index contributed by atoms with van der Waals surface area (Å²) in [6, 6.07) is 54.9. The highest BCUT2D eigenvalue weighted by atomic mass is 16.3. The van der Waals surface area contributed by atoms with Gasteiger partial charge in [0.25, 0.3) is 0 Å². The molecule has 0 atom stereocenters. The zero-order valence-electron chi connectivity index (χ0n) is 28.4. The van der Waals surface area contributed by atoms with Crippen LogP contribution in [0.4, 0.5) is 0 Å². The van der Waals surface area contributed by atoms with Crippen molar-refractivity contribution in [3.63, 3.8) is 0 Å². The Morgan fingerprint density at radius 3 is 1.92 bits per heavy atom. The lowest BCUT2D eigenvalue weighted by atomic mass is 9.92. The third-order valence-electron chi connectivity index (χ3n) is 10.4. The van der Waals surface area contributed by atoms with Gasteiger partial charge in [0.15, 0.2) is 17.5 Å². The first-order chi connectivity index (χ1) is 26.3. The van der Waals surface area contributed by atoms with Gasteiger partial charge >= 0.3 is 0 Å². The number of pyridine rings is 1. The Hall–Kier alpha value is -7.24. The maximum atomic E-state index is 6.59. The highest BCUT2D eigenvalue weighted by Gasteiger charge is 2.20. The summed E-state index contributed by atoms with van der Waals surface area (Å²) in [4.78, 5) is 19.9. The predicted molar refractivity (Wildman–Crippen MR) is 217 cm³/mol. The maximum Gasteiger partial charge on any atom is 0.164 e. The fraction of sp³-hybridized carbons (Fsp3) is 0. The Labute approximate surface area is 303 Å². The van der Waals surface area contributed by atoms with E-state index in [0.29, 0.717) is 17.5 Å². The molecule has 0 radical (unpaired) electrons. The lowest BCUT2D eigenvalue weighted by Gasteiger charge is -2.14. The van der Waals surface area contributed by atoms with E-state index in [1.54, 1.807) is 0 Å². The Bertz CT molecular complexity index is 3240. The van der Waals surface area contributed by atoms with Crippen molar-refractivity contribution in [2.75, 3.05) is 0 Å². The molecule has 0 bridgehead atoms. The Morgan fingerprint density at radius 2 is 1.08 bits per heavy atom. The van der Waals surface area contributed by atoms with Crippen LogP contribution >= 0.6 is 0 Å². The van der Waals surface area contributed by atoms with Crippen LogP contribution in [0.25, 0.3) is 110 Å². The van der Waals surface area contributed by atoms with E-state index < -0.39 is 0 Å². The van der Waals surface area contributed by atoms with Crippen LogP contribution in [0.15, 0.2) is 175 Å². The third-order valence-corrected chi connectivity index (χ3v) is 10.4. The van der Waals surface area contributed by atoms with Gasteiger partial charge in [0.05, 0.1) is 0 Å². The Kier molecular flexibility index (Phi) is 6.48. The van der Waals surface area contributed by atoms with Gasteiger partial charge < -0.3 is 4.42 Å². The van der Waals surface area contributed by atoms with Gasteiger partial charge in [-0.3, -0.25) is 4.98 Å². The molecule has 53 heavy (non-hydrogen) atoms. The number of rotatable bonds is 4. The molecule has 0 fully saturated rings. The summed E-state index contributed by atoms with van der Waals surface area (Å²) in [5.74, 6) is 1.87. The zero-order valence-corrected chi connectivity index (χ0v) is 28.4. The van der Waals surface area contributed by atoms with Crippen LogP contribution in [0.5, 0.6) is 0 Å². The van der Waals surface area contributed by atoms with Crippen LogP contribution in [0, 0.1) is 0 Å². The molecule has 5 heteroatoms. The molecule has 3 heterocycles. The number of hydrogen-bond donors (Lipinski definition) is 0. The van der Waals surface area contributed by atoms with Crippen LogP contribution in [-0.2, 0) is 0 Å². The number of fused-ring (bicyclic) bond motifs is 9. The first kappa shape index (κ1) is 29.5. The average molecular weight is 677 g/mol. The van der Waals surface area contributed by atoms with E-state index in [4.69, 9.17) is 19.4 Å². The molecule has 0 unspecified atom stereocenters. The van der Waals surface area contributed by atoms with Gasteiger partial charge in [0.2, 0.25) is 0 Å². The van der Waals surface area contributed by atoms with Crippen molar-refractivity contribution in [3.8, 4) is 45.3 Å². The summed E-state index contributed by atoms with van der Waals surface area (Å²) in [5.41, 5.74) is 6.69. The van der Waals surface area contributed by atoms with Gasteiger partial charge in [-0.25, -0.2) is 15.0 Å². The molecule has 0 aliphatic rings. The standard InChI is InChI=1S/C48H28N4O/c1-2-11-29(12-3-1)46-50-47(52-48(51-46)42-26-31-14-5-6-15-34(31)37-17-8-9-18-38(37)42)33-25-30-13-4-7-16-35(30)41(27-33)39-19-10-20-43-44(39)40-22-21-32-28-49-24-23-36(32)45(40)53-43/h1-28H. The van der Waals surface area contributed by atoms with Gasteiger partial charge in [-0.15, -0.1) is 0 Å². The number of aromatic nitrogens is 4. The lowest BCUT2D eigenvalue weighted by molar-refractivity contribution is 0.672. The molecule has 5 nitrogen and oxygen atoms in total. The molecule has 0 amide bonds. The van der Waals surface area contributed by atoms with Crippen molar-refractivity contribution in [1.82, 2.24) is 19.9 Å². The van der Waals surface area contributed by atoms with E-state index in [9.17, 15) is 0 Å². The van der Waals surface area contributed by atoms with Crippen molar-refractivity contribution < 1.29 is 4.42 Å². The van der Waals surface area contributed by atoms with E-state index in [2.05, 4.69) is 138 Å². The zero-order chi connectivity index (χ0) is 34.9. The summed E-state index contributed by atoms with van der Waals surface area (Å²) in [7, 11) is 0. The number of hydrogen-bond acceptors (Lipinski definition) is 5. The van der Waals surface area contributed by atoms with E-state index in [1.807, 2.05) is 36.7 Å². The first-order valence-electron chi connectivity index (χ1n) is 17.7. The molecule has 0 N–H and O–H groups in total. The summed E-state index contributed by atoms with van der Waals surface area (Å²) in [6.07, 6.45) is 3.70. The van der Waals surface area contributed by atoms with Crippen LogP contribution in [0.3, 0.4) is 0 Å². The Morgan fingerprint density at radius 1 is 0.377 bits per heavy atom. The number of furan rings is 1. The van der Waals surface area contributed by atoms with Gasteiger partial charge in [-0.2, -0.15) is 0 Å². The molecule has 11 aromatic rings. The minimum Gasteiger partial charge on any atom is -0.455 e. The minimum atomic E-state index is 0.612. The van der Waals surface area contributed by atoms with E-state index in [0.717, 1.165) is 82.1 Å². The topological polar surface area (TPSA) is 64.7 Å². The lowest BCUT2D eigenvalue weighted by Crippen LogP contribution is -2.01. The average Bonchev–Trinajstić information content (AvgIpc) is 3.63. The summed E-state index contributed by atoms with van der Waals surface area (Å²) < 4.78 is 6.59. The second-order valence-corrected chi connectivity index (χ2v) is 13.4. The van der Waals surface area contributed by atoms with Crippen LogP contribution in [0.2, 0.25) is 0 Å². The van der Waals surface area contributed by atoms with E-state index in [1.165, 1.54) is 10.8 Å². The van der Waals surface area contributed by atoms with E-state index >= 15 is 0 Å². The molecule has 11 rings (SSSR count). The molecule has 0 spiro atoms. The predicted octanol–water partition coefficient (Wildman–Crippen LogP) is 12.4. The summed E-state index contributed by atoms with van der Waals surface area (Å²) in [5, 5.41) is 11.1. The van der Waals surface area contributed by atoms with Gasteiger partial charge in [0, 0.05) is 50.6 Å². The second-order valence-electron chi connectivity index (χ2n) is 13.4. The maximum absolute atomic E-state index is 6.59. The molecule has 246 valence electrons. The number of nitrogens with zero attached hydrogens (tertiary/aromatic N) is 4. The normalized spacial score (nSPS) is 11.8. The van der Waals surface area contributed by atoms with Crippen LogP contribution in [-0.4, -0.2) is 19.9 Å². The van der Waals surface area contributed by atoms with Crippen molar-refractivity contribution in [3.05, 3.63) is 170 Å². The first-order valence-corrected chi connectivity index (χ1v) is 17.7. The van der Waals surface area contributed by atoms with Gasteiger partial charge in [-0.05, 0) is 79.8 Å². The fourth-order valence-electron chi connectivity index (χ4n) is 7.92. The molecule has 0 aliphatic carbocycles. The number of benzene rings is 8. The molecule has 3 aromatic heterocycles. The molecule has 0 saturated carbocycles. The second kappa shape index (κ2) is 11.7. The van der Waals surface area contributed by atoms with E-state index in [-0.39, 0.29) is 0 Å². The Balaban J connectivity index is 1.19. The van der Waals surface area contributed by atoms with Crippen LogP contribution < -0.4 is 0 Å². The quantitative estimate of drug-likeness (QED) is 0.174. The molecule has 0 saturated heterocycles. The minimum absolute atomic E-state index is 0.612. The summed E-state index contributed by atoms with van der Waals surface area (Å²) >= 11 is 0. The molecule has 0 aliphatic heterocycles. The van der Waals surface area contributed by atoms with Gasteiger partial charge in [0.1, 0.15) is 11.2 Å². The largest absolute Gasteiger partial charge is 0.455 e. The fourth-order valence-corrected chi connectivity index (χ4v) is 7.92. The van der Waals surface area contributed by atoms with Crippen molar-refractivity contribution in [2.45, 2.75) is 0 Å². The van der Waals surface area contributed by atoms with Crippen LogP contribution in [0.1, 0.15) is 0 Å². The smallest absolute Gasteiger partial charge is 0.164 e. The highest BCUT2D eigenvalue weighted by Crippen LogP contribution is 2.43. The summed E-state index contributed by atoms with van der Waals surface area (Å²) in [6.45, 7) is 0. The van der Waals surface area contributed by atoms with Crippen molar-refractivity contribution in [1.29, 1.82) is 0 Å². The van der Waals surface area contributed by atoms with Crippen molar-refractivity contribution >= 4 is 65.0 Å². The van der Waals surface area contributed by atoms with Crippen molar-refractivity contribution in [2.24, 2.45) is 0 Å². The monoisotopic (exact) mass is 676 g/mol. The van der Waals surface area contributed by atoms with Gasteiger partial charge in [-0.1, -0.05) is 121 Å². The third kappa shape index (κ3) is 4.71. The molecular weight excluding hydrogens is 649 g/mol. The SMILES string of the molecule is c1ccc(-c2nc(-c3cc(-c4cccc5oc6c7ccncc7ccc6c45)c4ccccc4c3)nc(-c3cc4ccccc4c4ccccc34)n2)cc1. The molecule has 8 aromatic carbocycles.